The summed E-state index contributed by atoms with van der Waals surface area (Å²) in [6, 6.07) is 0. The Morgan fingerprint density at radius 2 is 1.27 bits per heavy atom. The van der Waals surface area contributed by atoms with Crippen molar-refractivity contribution in [1.29, 1.82) is 0 Å². The molecule has 0 fully saturated rings. The first-order valence-electron chi connectivity index (χ1n) is 9.22. The lowest BCUT2D eigenvalue weighted by molar-refractivity contribution is 0.341. The van der Waals surface area contributed by atoms with Gasteiger partial charge in [0.25, 0.3) is 0 Å². The van der Waals surface area contributed by atoms with Crippen LogP contribution in [0.3, 0.4) is 0 Å². The fourth-order valence-corrected chi connectivity index (χ4v) is 2.97. The third-order valence-electron chi connectivity index (χ3n) is 4.58. The molecule has 0 aliphatic rings. The van der Waals surface area contributed by atoms with Crippen LogP contribution in [0.15, 0.2) is 11.6 Å². The van der Waals surface area contributed by atoms with Crippen molar-refractivity contribution in [2.24, 2.45) is 17.8 Å². The van der Waals surface area contributed by atoms with Crippen molar-refractivity contribution in [2.75, 3.05) is 6.61 Å². The molecule has 0 rings (SSSR count). The van der Waals surface area contributed by atoms with Crippen LogP contribution in [-0.2, 0) is 0 Å². The minimum absolute atomic E-state index is 0. The number of allylic oxidation sites excluding steroid dienone is 1. The van der Waals surface area contributed by atoms with Gasteiger partial charge in [0.15, 0.2) is 0 Å². The zero-order chi connectivity index (χ0) is 16.1. The molecule has 2 atom stereocenters. The Kier molecular flexibility index (Phi) is 17.0. The minimum Gasteiger partial charge on any atom is -0.392 e. The number of hydrogen-bond acceptors (Lipinski definition) is 1. The summed E-state index contributed by atoms with van der Waals surface area (Å²) < 4.78 is 0. The molecule has 0 saturated heterocycles. The van der Waals surface area contributed by atoms with Crippen molar-refractivity contribution in [3.05, 3.63) is 19.1 Å². The summed E-state index contributed by atoms with van der Waals surface area (Å²) in [4.78, 5) is 0. The quantitative estimate of drug-likeness (QED) is 0.388. The van der Waals surface area contributed by atoms with Gasteiger partial charge in [0.05, 0.1) is 6.61 Å². The maximum Gasteiger partial charge on any atom is 0.0614 e. The largest absolute Gasteiger partial charge is 0.392 e. The lowest BCUT2D eigenvalue weighted by atomic mass is 9.91. The van der Waals surface area contributed by atoms with Gasteiger partial charge in [0, 0.05) is 7.43 Å². The highest BCUT2D eigenvalue weighted by atomic mass is 16.2. The molecule has 0 unspecified atom stereocenters. The van der Waals surface area contributed by atoms with Gasteiger partial charge >= 0.3 is 0 Å². The van der Waals surface area contributed by atoms with E-state index in [9.17, 15) is 0 Å². The average Bonchev–Trinajstić information content (AvgIpc) is 2.38. The van der Waals surface area contributed by atoms with E-state index in [0.717, 1.165) is 24.2 Å². The molecule has 4 radical (unpaired) electrons. The molecule has 0 aromatic carbocycles. The van der Waals surface area contributed by atoms with E-state index in [1.807, 2.05) is 6.08 Å². The second-order valence-electron chi connectivity index (χ2n) is 7.59. The van der Waals surface area contributed by atoms with E-state index in [2.05, 4.69) is 34.6 Å². The Balaban J connectivity index is 0. The Hall–Kier alpha value is -0.300. The summed E-state index contributed by atoms with van der Waals surface area (Å²) in [6.07, 6.45) is 14.1. The molecule has 0 saturated carbocycles. The fraction of sp³-hybridized carbons (Fsp3) is 0.857. The third kappa shape index (κ3) is 16.1. The van der Waals surface area contributed by atoms with E-state index < -0.39 is 0 Å². The molecule has 0 aromatic heterocycles. The summed E-state index contributed by atoms with van der Waals surface area (Å²) >= 11 is 0. The summed E-state index contributed by atoms with van der Waals surface area (Å²) in [6.45, 7) is 11.8. The molecular weight excluding hydrogens is 268 g/mol. The maximum absolute atomic E-state index is 8.83. The third-order valence-corrected chi connectivity index (χ3v) is 4.58. The molecule has 0 aliphatic heterocycles. The predicted molar refractivity (Wildman–Crippen MR) is 98.8 cm³/mol. The van der Waals surface area contributed by atoms with E-state index in [0.29, 0.717) is 0 Å². The van der Waals surface area contributed by atoms with Crippen LogP contribution in [0, 0.1) is 25.2 Å². The zero-order valence-electron chi connectivity index (χ0n) is 15.8. The SMILES string of the molecule is CC(=CCO)CCC[C@H](C)CCC[C@H](C)CCCC(C)C.[C]. The van der Waals surface area contributed by atoms with Crippen LogP contribution in [0.5, 0.6) is 0 Å². The molecule has 0 aromatic rings. The van der Waals surface area contributed by atoms with Gasteiger partial charge in [0.2, 0.25) is 0 Å². The van der Waals surface area contributed by atoms with Crippen LogP contribution in [0.25, 0.3) is 0 Å². The monoisotopic (exact) mass is 308 g/mol. The van der Waals surface area contributed by atoms with Gasteiger partial charge in [-0.25, -0.2) is 0 Å². The van der Waals surface area contributed by atoms with Gasteiger partial charge in [-0.1, -0.05) is 84.3 Å². The Labute approximate surface area is 141 Å². The smallest absolute Gasteiger partial charge is 0.0614 e. The van der Waals surface area contributed by atoms with Gasteiger partial charge in [-0.15, -0.1) is 0 Å². The van der Waals surface area contributed by atoms with E-state index in [4.69, 9.17) is 5.11 Å². The van der Waals surface area contributed by atoms with Crippen molar-refractivity contribution < 1.29 is 5.11 Å². The number of rotatable bonds is 13. The molecule has 0 bridgehead atoms. The van der Waals surface area contributed by atoms with Gasteiger partial charge in [-0.05, 0) is 37.5 Å². The molecule has 0 spiro atoms. The van der Waals surface area contributed by atoms with E-state index >= 15 is 0 Å². The van der Waals surface area contributed by atoms with Crippen LogP contribution < -0.4 is 0 Å². The molecule has 22 heavy (non-hydrogen) atoms. The van der Waals surface area contributed by atoms with Crippen molar-refractivity contribution in [3.63, 3.8) is 0 Å². The summed E-state index contributed by atoms with van der Waals surface area (Å²) in [5.74, 6) is 2.63. The van der Waals surface area contributed by atoms with Gasteiger partial charge in [-0.3, -0.25) is 0 Å². The van der Waals surface area contributed by atoms with Gasteiger partial charge in [0.1, 0.15) is 0 Å². The first kappa shape index (κ1) is 24.0. The Morgan fingerprint density at radius 1 is 0.818 bits per heavy atom. The molecule has 0 aliphatic carbocycles. The summed E-state index contributed by atoms with van der Waals surface area (Å²) in [5.41, 5.74) is 1.34. The zero-order valence-corrected chi connectivity index (χ0v) is 15.8. The van der Waals surface area contributed by atoms with E-state index in [-0.39, 0.29) is 14.0 Å². The molecule has 1 heteroatoms. The predicted octanol–water partition coefficient (Wildman–Crippen LogP) is 6.45. The van der Waals surface area contributed by atoms with Crippen LogP contribution >= 0.6 is 0 Å². The van der Waals surface area contributed by atoms with Crippen LogP contribution in [-0.4, -0.2) is 11.7 Å². The lowest BCUT2D eigenvalue weighted by Crippen LogP contribution is -2.00. The van der Waals surface area contributed by atoms with E-state index in [1.54, 1.807) is 0 Å². The molecule has 0 heterocycles. The normalized spacial score (nSPS) is 14.8. The molecule has 1 nitrogen and oxygen atoms in total. The van der Waals surface area contributed by atoms with Crippen LogP contribution in [0.4, 0.5) is 0 Å². The molecule has 0 amide bonds. The van der Waals surface area contributed by atoms with Crippen molar-refractivity contribution in [1.82, 2.24) is 0 Å². The highest BCUT2D eigenvalue weighted by Gasteiger charge is 2.06. The number of aliphatic hydroxyl groups is 1. The van der Waals surface area contributed by atoms with Crippen molar-refractivity contribution in [2.45, 2.75) is 92.4 Å². The first-order valence-corrected chi connectivity index (χ1v) is 9.22. The Bertz CT molecular complexity index is 255. The van der Waals surface area contributed by atoms with Crippen LogP contribution in [0.1, 0.15) is 92.4 Å². The Morgan fingerprint density at radius 3 is 1.73 bits per heavy atom. The standard InChI is InChI=1S/C20H40O.C/c1-17(2)9-6-10-18(3)11-7-12-19(4)13-8-14-20(5)15-16-21;/h15,17-19,21H,6-14,16H2,1-5H3;/t18-,19-;/m1./s1. The average molecular weight is 309 g/mol. The van der Waals surface area contributed by atoms with Gasteiger partial charge in [-0.2, -0.15) is 0 Å². The van der Waals surface area contributed by atoms with Gasteiger partial charge < -0.3 is 5.11 Å². The highest BCUT2D eigenvalue weighted by Crippen LogP contribution is 2.21. The van der Waals surface area contributed by atoms with E-state index in [1.165, 1.54) is 56.9 Å². The first-order chi connectivity index (χ1) is 9.95. The summed E-state index contributed by atoms with van der Waals surface area (Å²) in [5, 5.41) is 8.83. The second-order valence-corrected chi connectivity index (χ2v) is 7.59. The van der Waals surface area contributed by atoms with Crippen molar-refractivity contribution >= 4 is 0 Å². The topological polar surface area (TPSA) is 20.2 Å². The molecular formula is C21H40O. The lowest BCUT2D eigenvalue weighted by Gasteiger charge is -2.15. The second kappa shape index (κ2) is 15.6. The minimum atomic E-state index is 0. The molecule has 130 valence electrons. The molecule has 1 N–H and O–H groups in total. The fourth-order valence-electron chi connectivity index (χ4n) is 2.97. The summed E-state index contributed by atoms with van der Waals surface area (Å²) in [7, 11) is 0. The van der Waals surface area contributed by atoms with Crippen LogP contribution in [0.2, 0.25) is 0 Å². The highest BCUT2D eigenvalue weighted by molar-refractivity contribution is 4.97. The number of aliphatic hydroxyl groups excluding tert-OH is 1. The van der Waals surface area contributed by atoms with Crippen molar-refractivity contribution in [3.8, 4) is 0 Å². The maximum atomic E-state index is 8.83. The number of hydrogen-bond donors (Lipinski definition) is 1.